The number of phenolic OH excluding ortho intramolecular Hbond substituents is 1. The van der Waals surface area contributed by atoms with Crippen LogP contribution in [0.1, 0.15) is 0 Å². The Bertz CT molecular complexity index is 915. The SMILES string of the molecule is Oc1ccccc1N1C=CN(Oc2cccc(Oc3ccccc3)n2)C1. The van der Waals surface area contributed by atoms with E-state index in [9.17, 15) is 5.11 Å². The Morgan fingerprint density at radius 3 is 2.42 bits per heavy atom. The molecule has 1 aliphatic heterocycles. The van der Waals surface area contributed by atoms with Crippen LogP contribution >= 0.6 is 0 Å². The van der Waals surface area contributed by atoms with Crippen molar-refractivity contribution in [1.29, 1.82) is 0 Å². The number of pyridine rings is 1. The van der Waals surface area contributed by atoms with Crippen LogP contribution in [0.3, 0.4) is 0 Å². The first-order valence-corrected chi connectivity index (χ1v) is 8.15. The molecule has 2 heterocycles. The molecule has 0 spiro atoms. The number of hydrogen-bond donors (Lipinski definition) is 1. The van der Waals surface area contributed by atoms with Crippen molar-refractivity contribution < 1.29 is 14.7 Å². The third-order valence-corrected chi connectivity index (χ3v) is 3.77. The van der Waals surface area contributed by atoms with Gasteiger partial charge in [0.1, 0.15) is 18.2 Å². The third-order valence-electron chi connectivity index (χ3n) is 3.77. The van der Waals surface area contributed by atoms with Crippen LogP contribution < -0.4 is 14.5 Å². The number of benzene rings is 2. The summed E-state index contributed by atoms with van der Waals surface area (Å²) in [5.41, 5.74) is 0.712. The van der Waals surface area contributed by atoms with Gasteiger partial charge in [-0.15, -0.1) is 0 Å². The van der Waals surface area contributed by atoms with E-state index in [0.717, 1.165) is 0 Å². The Labute approximate surface area is 151 Å². The molecular weight excluding hydrogens is 330 g/mol. The van der Waals surface area contributed by atoms with Crippen molar-refractivity contribution in [3.05, 3.63) is 85.2 Å². The van der Waals surface area contributed by atoms with E-state index in [4.69, 9.17) is 9.57 Å². The number of nitrogens with zero attached hydrogens (tertiary/aromatic N) is 3. The summed E-state index contributed by atoms with van der Waals surface area (Å²) in [5, 5.41) is 11.6. The van der Waals surface area contributed by atoms with Gasteiger partial charge in [-0.25, -0.2) is 0 Å². The van der Waals surface area contributed by atoms with Crippen LogP contribution in [0.5, 0.6) is 23.3 Å². The fourth-order valence-corrected chi connectivity index (χ4v) is 2.56. The van der Waals surface area contributed by atoms with Crippen molar-refractivity contribution in [3.63, 3.8) is 0 Å². The number of aromatic hydroxyl groups is 1. The number of aromatic nitrogens is 1. The van der Waals surface area contributed by atoms with Gasteiger partial charge in [-0.3, -0.25) is 0 Å². The predicted molar refractivity (Wildman–Crippen MR) is 97.8 cm³/mol. The second-order valence-electron chi connectivity index (χ2n) is 5.64. The Balaban J connectivity index is 1.42. The van der Waals surface area contributed by atoms with Gasteiger partial charge in [0, 0.05) is 18.3 Å². The summed E-state index contributed by atoms with van der Waals surface area (Å²) >= 11 is 0. The van der Waals surface area contributed by atoms with Crippen molar-refractivity contribution in [2.45, 2.75) is 0 Å². The summed E-state index contributed by atoms with van der Waals surface area (Å²) < 4.78 is 5.72. The lowest BCUT2D eigenvalue weighted by molar-refractivity contribution is -0.00222. The third kappa shape index (κ3) is 3.54. The highest BCUT2D eigenvalue weighted by molar-refractivity contribution is 5.60. The van der Waals surface area contributed by atoms with Gasteiger partial charge in [0.25, 0.3) is 0 Å². The van der Waals surface area contributed by atoms with Gasteiger partial charge in [-0.05, 0) is 24.3 Å². The average Bonchev–Trinajstić information content (AvgIpc) is 3.11. The lowest BCUT2D eigenvalue weighted by Crippen LogP contribution is -2.27. The van der Waals surface area contributed by atoms with Gasteiger partial charge in [-0.1, -0.05) is 36.4 Å². The molecule has 6 nitrogen and oxygen atoms in total. The summed E-state index contributed by atoms with van der Waals surface area (Å²) in [6, 6.07) is 22.0. The Kier molecular flexibility index (Phi) is 4.30. The maximum absolute atomic E-state index is 9.96. The molecule has 26 heavy (non-hydrogen) atoms. The lowest BCUT2D eigenvalue weighted by atomic mass is 10.3. The molecule has 0 amide bonds. The Morgan fingerprint density at radius 1 is 0.808 bits per heavy atom. The molecule has 0 saturated carbocycles. The number of rotatable bonds is 5. The molecule has 0 unspecified atom stereocenters. The van der Waals surface area contributed by atoms with E-state index < -0.39 is 0 Å². The standard InChI is InChI=1S/C20H17N3O3/c24-18-10-5-4-9-17(18)22-13-14-23(15-22)26-20-12-6-11-19(21-20)25-16-7-2-1-3-8-16/h1-14,24H,15H2. The molecule has 0 radical (unpaired) electrons. The zero-order valence-electron chi connectivity index (χ0n) is 13.9. The van der Waals surface area contributed by atoms with Crippen LogP contribution in [-0.2, 0) is 0 Å². The first-order valence-electron chi connectivity index (χ1n) is 8.15. The number of para-hydroxylation sites is 3. The van der Waals surface area contributed by atoms with E-state index in [2.05, 4.69) is 4.98 Å². The Morgan fingerprint density at radius 2 is 1.58 bits per heavy atom. The van der Waals surface area contributed by atoms with E-state index in [0.29, 0.717) is 29.9 Å². The molecule has 6 heteroatoms. The van der Waals surface area contributed by atoms with Crippen LogP contribution in [0.2, 0.25) is 0 Å². The molecule has 0 bridgehead atoms. The van der Waals surface area contributed by atoms with Gasteiger partial charge >= 0.3 is 0 Å². The van der Waals surface area contributed by atoms with Crippen molar-refractivity contribution in [1.82, 2.24) is 10.0 Å². The molecule has 0 aliphatic carbocycles. The molecule has 130 valence electrons. The fourth-order valence-electron chi connectivity index (χ4n) is 2.56. The minimum Gasteiger partial charge on any atom is -0.506 e. The predicted octanol–water partition coefficient (Wildman–Crippen LogP) is 4.12. The van der Waals surface area contributed by atoms with Gasteiger partial charge in [-0.2, -0.15) is 10.0 Å². The van der Waals surface area contributed by atoms with Gasteiger partial charge in [0.15, 0.2) is 0 Å². The minimum absolute atomic E-state index is 0.218. The highest BCUT2D eigenvalue weighted by atomic mass is 16.7. The molecule has 4 rings (SSSR count). The van der Waals surface area contributed by atoms with Crippen molar-refractivity contribution in [2.75, 3.05) is 11.6 Å². The zero-order valence-corrected chi connectivity index (χ0v) is 13.9. The van der Waals surface area contributed by atoms with E-state index in [1.54, 1.807) is 35.5 Å². The summed E-state index contributed by atoms with van der Waals surface area (Å²) in [4.78, 5) is 12.0. The summed E-state index contributed by atoms with van der Waals surface area (Å²) in [5.74, 6) is 1.80. The zero-order chi connectivity index (χ0) is 17.8. The molecular formula is C20H17N3O3. The highest BCUT2D eigenvalue weighted by Crippen LogP contribution is 2.29. The van der Waals surface area contributed by atoms with E-state index in [1.165, 1.54) is 0 Å². The van der Waals surface area contributed by atoms with Crippen LogP contribution in [0.4, 0.5) is 5.69 Å². The van der Waals surface area contributed by atoms with E-state index in [1.807, 2.05) is 59.6 Å². The minimum atomic E-state index is 0.218. The van der Waals surface area contributed by atoms with Crippen LogP contribution in [0, 0.1) is 0 Å². The number of anilines is 1. The first-order chi connectivity index (χ1) is 12.8. The average molecular weight is 347 g/mol. The molecule has 0 fully saturated rings. The van der Waals surface area contributed by atoms with E-state index >= 15 is 0 Å². The van der Waals surface area contributed by atoms with Crippen molar-refractivity contribution in [2.24, 2.45) is 0 Å². The summed E-state index contributed by atoms with van der Waals surface area (Å²) in [6.07, 6.45) is 3.61. The van der Waals surface area contributed by atoms with Gasteiger partial charge < -0.3 is 19.6 Å². The lowest BCUT2D eigenvalue weighted by Gasteiger charge is -2.21. The molecule has 2 aromatic carbocycles. The van der Waals surface area contributed by atoms with E-state index in [-0.39, 0.29) is 5.75 Å². The van der Waals surface area contributed by atoms with Crippen LogP contribution in [0.25, 0.3) is 0 Å². The largest absolute Gasteiger partial charge is 0.506 e. The molecule has 0 saturated heterocycles. The van der Waals surface area contributed by atoms with Crippen molar-refractivity contribution >= 4 is 5.69 Å². The molecule has 3 aromatic rings. The fraction of sp³-hybridized carbons (Fsp3) is 0.0500. The molecule has 1 aliphatic rings. The summed E-state index contributed by atoms with van der Waals surface area (Å²) in [7, 11) is 0. The number of ether oxygens (including phenoxy) is 1. The molecule has 1 aromatic heterocycles. The normalized spacial score (nSPS) is 13.1. The topological polar surface area (TPSA) is 58.1 Å². The molecule has 0 atom stereocenters. The highest BCUT2D eigenvalue weighted by Gasteiger charge is 2.18. The second kappa shape index (κ2) is 7.06. The quantitative estimate of drug-likeness (QED) is 0.749. The Hall–Kier alpha value is -3.67. The number of hydroxylamine groups is 2. The molecule has 1 N–H and O–H groups in total. The first kappa shape index (κ1) is 15.8. The summed E-state index contributed by atoms with van der Waals surface area (Å²) in [6.45, 7) is 0.434. The monoisotopic (exact) mass is 347 g/mol. The maximum Gasteiger partial charge on any atom is 0.249 e. The number of phenols is 1. The maximum atomic E-state index is 9.96. The smallest absolute Gasteiger partial charge is 0.249 e. The van der Waals surface area contributed by atoms with Gasteiger partial charge in [0.2, 0.25) is 11.8 Å². The van der Waals surface area contributed by atoms with Crippen LogP contribution in [-0.4, -0.2) is 21.8 Å². The van der Waals surface area contributed by atoms with Crippen molar-refractivity contribution in [3.8, 4) is 23.3 Å². The number of hydrogen-bond acceptors (Lipinski definition) is 6. The second-order valence-corrected chi connectivity index (χ2v) is 5.64. The van der Waals surface area contributed by atoms with Gasteiger partial charge in [0.05, 0.1) is 11.9 Å². The van der Waals surface area contributed by atoms with Crippen LogP contribution in [0.15, 0.2) is 85.2 Å².